The fourth-order valence-corrected chi connectivity index (χ4v) is 17.9. The lowest BCUT2D eigenvalue weighted by Crippen LogP contribution is -2.33. The summed E-state index contributed by atoms with van der Waals surface area (Å²) < 4.78 is 5.77. The summed E-state index contributed by atoms with van der Waals surface area (Å²) in [4.78, 5) is 13.2. The molecule has 1 spiro atoms. The number of esters is 1. The lowest BCUT2D eigenvalue weighted by molar-refractivity contribution is -0.143. The maximum Gasteiger partial charge on any atom is 0.305 e. The minimum atomic E-state index is -0.116. The van der Waals surface area contributed by atoms with E-state index in [2.05, 4.69) is 67.6 Å². The molecule has 0 radical (unpaired) electrons. The van der Waals surface area contributed by atoms with E-state index in [0.717, 1.165) is 31.6 Å². The van der Waals surface area contributed by atoms with Crippen LogP contribution in [0, 0.1) is 29.6 Å². The molecule has 8 unspecified atom stereocenters. The quantitative estimate of drug-likeness (QED) is 0.0889. The first-order valence-corrected chi connectivity index (χ1v) is 22.2. The number of allylic oxidation sites excluding steroid dienone is 6. The van der Waals surface area contributed by atoms with Crippen molar-refractivity contribution < 1.29 is 9.53 Å². The lowest BCUT2D eigenvalue weighted by atomic mass is 9.60. The van der Waals surface area contributed by atoms with E-state index in [1.807, 2.05) is 11.1 Å². The smallest absolute Gasteiger partial charge is 0.305 e. The van der Waals surface area contributed by atoms with Gasteiger partial charge in [-0.25, -0.2) is 0 Å². The van der Waals surface area contributed by atoms with Gasteiger partial charge in [0.15, 0.2) is 0 Å². The van der Waals surface area contributed by atoms with Crippen LogP contribution in [0.2, 0.25) is 0 Å². The van der Waals surface area contributed by atoms with Gasteiger partial charge in [0.25, 0.3) is 0 Å². The predicted molar refractivity (Wildman–Crippen MR) is 223 cm³/mol. The largest absolute Gasteiger partial charge is 0.466 e. The molecule has 0 aliphatic heterocycles. The highest BCUT2D eigenvalue weighted by Gasteiger charge is 2.80. The molecule has 2 heteroatoms. The summed E-state index contributed by atoms with van der Waals surface area (Å²) in [6, 6.07) is 17.0. The molecule has 56 heavy (non-hydrogen) atoms. The van der Waals surface area contributed by atoms with Crippen LogP contribution < -0.4 is 10.4 Å². The number of hydrogen-bond acceptors (Lipinski definition) is 2. The van der Waals surface area contributed by atoms with Crippen LogP contribution in [0.25, 0.3) is 76.7 Å². The third-order valence-electron chi connectivity index (χ3n) is 18.9. The Morgan fingerprint density at radius 2 is 1.70 bits per heavy atom. The number of benzene rings is 5. The maximum atomic E-state index is 13.2. The number of carbonyl (C=O) groups excluding carboxylic acids is 1. The van der Waals surface area contributed by atoms with Gasteiger partial charge in [0.2, 0.25) is 0 Å². The summed E-state index contributed by atoms with van der Waals surface area (Å²) in [5.41, 5.74) is 20.4. The highest BCUT2D eigenvalue weighted by molar-refractivity contribution is 6.48. The van der Waals surface area contributed by atoms with Gasteiger partial charge in [-0.1, -0.05) is 68.0 Å². The molecule has 11 aliphatic carbocycles. The number of unbranched alkanes of at least 4 members (excludes halogenated alkanes) is 1. The molecule has 0 bridgehead atoms. The zero-order chi connectivity index (χ0) is 35.6. The predicted octanol–water partition coefficient (Wildman–Crippen LogP) is 10.2. The van der Waals surface area contributed by atoms with E-state index >= 15 is 0 Å². The molecule has 3 fully saturated rings. The van der Waals surface area contributed by atoms with E-state index < -0.39 is 0 Å². The average molecular weight is 719 g/mol. The number of fused-ring (bicyclic) bond motifs is 1. The fourth-order valence-electron chi connectivity index (χ4n) is 17.9. The van der Waals surface area contributed by atoms with E-state index in [1.165, 1.54) is 35.4 Å². The number of hydrogen-bond donors (Lipinski definition) is 0. The Morgan fingerprint density at radius 1 is 0.804 bits per heavy atom. The van der Waals surface area contributed by atoms with E-state index in [9.17, 15) is 4.79 Å². The minimum absolute atomic E-state index is 0.0213. The van der Waals surface area contributed by atoms with Gasteiger partial charge in [-0.3, -0.25) is 4.79 Å². The van der Waals surface area contributed by atoms with Crippen molar-refractivity contribution in [1.29, 1.82) is 0 Å². The topological polar surface area (TPSA) is 26.3 Å². The molecule has 11 aliphatic rings. The Hall–Kier alpha value is -4.95. The second kappa shape index (κ2) is 7.95. The molecular weight excluding hydrogens is 681 g/mol. The molecule has 9 atom stereocenters. The monoisotopic (exact) mass is 718 g/mol. The second-order valence-electron chi connectivity index (χ2n) is 20.4. The summed E-state index contributed by atoms with van der Waals surface area (Å²) in [6.45, 7) is 2.71. The molecule has 0 heterocycles. The second-order valence-corrected chi connectivity index (χ2v) is 20.4. The van der Waals surface area contributed by atoms with Gasteiger partial charge in [0.05, 0.1) is 6.61 Å². The first-order chi connectivity index (χ1) is 27.7. The van der Waals surface area contributed by atoms with Crippen LogP contribution in [0.15, 0.2) is 65.8 Å². The molecule has 7 aromatic carbocycles. The summed E-state index contributed by atoms with van der Waals surface area (Å²) in [7, 11) is 0. The fraction of sp³-hybridized carbons (Fsp3) is 0.352. The van der Waals surface area contributed by atoms with Gasteiger partial charge in [-0.2, -0.15) is 0 Å². The molecule has 3 saturated carbocycles. The van der Waals surface area contributed by atoms with Gasteiger partial charge in [0, 0.05) is 40.9 Å². The number of rotatable bonds is 8. The third-order valence-corrected chi connectivity index (χ3v) is 18.9. The Balaban J connectivity index is 1.04. The summed E-state index contributed by atoms with van der Waals surface area (Å²) in [5.74, 6) is 4.02. The van der Waals surface area contributed by atoms with E-state index in [-0.39, 0.29) is 16.8 Å². The van der Waals surface area contributed by atoms with Crippen LogP contribution >= 0.6 is 0 Å². The Bertz CT molecular complexity index is 3500. The zero-order valence-electron chi connectivity index (χ0n) is 31.5. The Morgan fingerprint density at radius 3 is 2.61 bits per heavy atom. The molecule has 0 aromatic heterocycles. The highest BCUT2D eigenvalue weighted by atomic mass is 16.5. The number of ether oxygens (including phenoxy) is 1. The van der Waals surface area contributed by atoms with Crippen LogP contribution in [-0.2, 0) is 26.8 Å². The van der Waals surface area contributed by atoms with E-state index in [4.69, 9.17) is 4.74 Å². The van der Waals surface area contributed by atoms with Crippen molar-refractivity contribution in [3.63, 3.8) is 0 Å². The molecule has 0 saturated heterocycles. The SMILES string of the molecule is CCCCOC(=O)CCCC1(c2ccccc2)C2C3=CC4CC5=CC6CC7Cc8cc9cc%10c%11c(c%12c3c3c%13c%14c%15c%16c(c8C7C=%15C6C%14=C5[C@H]34)c9c%11c%16c%13%12)C21C=%10. The van der Waals surface area contributed by atoms with Gasteiger partial charge < -0.3 is 4.74 Å². The molecule has 266 valence electrons. The van der Waals surface area contributed by atoms with Crippen molar-refractivity contribution in [3.05, 3.63) is 115 Å². The van der Waals surface area contributed by atoms with Crippen LogP contribution in [0.4, 0.5) is 0 Å². The molecule has 7 aromatic rings. The van der Waals surface area contributed by atoms with Gasteiger partial charge in [-0.05, 0) is 193 Å². The standard InChI is InChI=1S/C54H38O2/c1-2-3-12-56-30(55)10-7-11-53(28-8-5-4-6-9-28)52-29-19-26-17-23-15-24-14-21-13-22-16-25-18-27-20-54(52,53)51-37(27)42-36(25)41-32(22)31(21)39-35(24)40-33(23)34(26)43-38(29)50(51)49-47(42)45(41)44(39)46(40)48(43)49/h4-6,8-9,15-16,18-21,24,26,31,34-35,52H,2-3,7,10-14,17H2,1H3/t21?,24?,26?,31?,34-,35?,52?,53?,54?/m1/s1. The van der Waals surface area contributed by atoms with Gasteiger partial charge in [-0.15, -0.1) is 0 Å². The molecule has 2 nitrogen and oxygen atoms in total. The highest BCUT2D eigenvalue weighted by Crippen LogP contribution is 2.84. The van der Waals surface area contributed by atoms with Crippen LogP contribution in [0.1, 0.15) is 103 Å². The van der Waals surface area contributed by atoms with Gasteiger partial charge >= 0.3 is 5.97 Å². The average Bonchev–Trinajstić information content (AvgIpc) is 3.89. The van der Waals surface area contributed by atoms with Crippen LogP contribution in [-0.4, -0.2) is 12.6 Å². The normalized spacial score (nSPS) is 34.7. The summed E-state index contributed by atoms with van der Waals surface area (Å²) >= 11 is 0. The first kappa shape index (κ1) is 27.6. The Labute approximate surface area is 323 Å². The molecule has 18 rings (SSSR count). The molecular formula is C54H38O2. The number of carbonyl (C=O) groups is 1. The third kappa shape index (κ3) is 2.28. The van der Waals surface area contributed by atoms with Crippen molar-refractivity contribution in [1.82, 2.24) is 0 Å². The first-order valence-electron chi connectivity index (χ1n) is 22.2. The maximum absolute atomic E-state index is 13.2. The van der Waals surface area contributed by atoms with Crippen molar-refractivity contribution in [2.24, 2.45) is 29.6 Å². The van der Waals surface area contributed by atoms with Crippen molar-refractivity contribution in [2.45, 2.75) is 81.0 Å². The van der Waals surface area contributed by atoms with Gasteiger partial charge in [0.1, 0.15) is 0 Å². The molecule has 0 amide bonds. The van der Waals surface area contributed by atoms with Crippen molar-refractivity contribution in [2.75, 3.05) is 6.61 Å². The van der Waals surface area contributed by atoms with E-state index in [0.29, 0.717) is 48.5 Å². The van der Waals surface area contributed by atoms with Crippen molar-refractivity contribution in [3.8, 4) is 0 Å². The van der Waals surface area contributed by atoms with Crippen LogP contribution in [0.3, 0.4) is 0 Å². The molecule has 0 N–H and O–H groups in total. The zero-order valence-corrected chi connectivity index (χ0v) is 31.5. The van der Waals surface area contributed by atoms with E-state index in [1.54, 1.807) is 104 Å². The lowest BCUT2D eigenvalue weighted by Gasteiger charge is -2.43. The van der Waals surface area contributed by atoms with Crippen LogP contribution in [0.5, 0.6) is 0 Å². The Kier molecular flexibility index (Phi) is 3.92. The minimum Gasteiger partial charge on any atom is -0.466 e. The van der Waals surface area contributed by atoms with Crippen molar-refractivity contribution >= 4 is 82.6 Å². The summed E-state index contributed by atoms with van der Waals surface area (Å²) in [6.07, 6.45) is 16.7. The summed E-state index contributed by atoms with van der Waals surface area (Å²) in [5, 5.41) is 19.6.